The van der Waals surface area contributed by atoms with E-state index in [-0.39, 0.29) is 6.04 Å². The van der Waals surface area contributed by atoms with E-state index in [9.17, 15) is 0 Å². The maximum atomic E-state index is 4.26. The van der Waals surface area contributed by atoms with Gasteiger partial charge in [-0.15, -0.1) is 0 Å². The van der Waals surface area contributed by atoms with E-state index in [1.165, 1.54) is 10.9 Å². The SMILES string of the molecule is CNC(c1cccc2cnccc12)c1ccnn1C. The van der Waals surface area contributed by atoms with Gasteiger partial charge in [0.2, 0.25) is 0 Å². The van der Waals surface area contributed by atoms with Crippen molar-refractivity contribution in [1.82, 2.24) is 20.1 Å². The largest absolute Gasteiger partial charge is 0.308 e. The van der Waals surface area contributed by atoms with Gasteiger partial charge in [-0.25, -0.2) is 0 Å². The summed E-state index contributed by atoms with van der Waals surface area (Å²) in [5.74, 6) is 0. The van der Waals surface area contributed by atoms with Gasteiger partial charge < -0.3 is 5.32 Å². The number of nitrogens with zero attached hydrogens (tertiary/aromatic N) is 3. The van der Waals surface area contributed by atoms with Crippen LogP contribution in [0.25, 0.3) is 10.8 Å². The second-order valence-corrected chi connectivity index (χ2v) is 4.55. The van der Waals surface area contributed by atoms with Crippen molar-refractivity contribution in [1.29, 1.82) is 0 Å². The van der Waals surface area contributed by atoms with Crippen molar-refractivity contribution in [3.63, 3.8) is 0 Å². The van der Waals surface area contributed by atoms with Crippen LogP contribution < -0.4 is 5.32 Å². The molecule has 96 valence electrons. The van der Waals surface area contributed by atoms with Gasteiger partial charge in [-0.2, -0.15) is 5.10 Å². The third-order valence-corrected chi connectivity index (χ3v) is 3.47. The number of fused-ring (bicyclic) bond motifs is 1. The minimum absolute atomic E-state index is 0.124. The highest BCUT2D eigenvalue weighted by atomic mass is 15.3. The van der Waals surface area contributed by atoms with Crippen molar-refractivity contribution in [2.75, 3.05) is 7.05 Å². The molecule has 3 aromatic rings. The lowest BCUT2D eigenvalue weighted by atomic mass is 9.98. The van der Waals surface area contributed by atoms with Gasteiger partial charge in [-0.05, 0) is 30.1 Å². The van der Waals surface area contributed by atoms with Gasteiger partial charge in [-0.1, -0.05) is 18.2 Å². The van der Waals surface area contributed by atoms with Crippen LogP contribution in [-0.4, -0.2) is 21.8 Å². The van der Waals surface area contributed by atoms with Crippen LogP contribution in [-0.2, 0) is 7.05 Å². The number of aromatic nitrogens is 3. The third kappa shape index (κ3) is 2.00. The number of rotatable bonds is 3. The smallest absolute Gasteiger partial charge is 0.0751 e. The van der Waals surface area contributed by atoms with Crippen LogP contribution in [0.4, 0.5) is 0 Å². The van der Waals surface area contributed by atoms with E-state index in [4.69, 9.17) is 0 Å². The number of aryl methyl sites for hydroxylation is 1. The molecule has 0 saturated carbocycles. The minimum atomic E-state index is 0.124. The average molecular weight is 252 g/mol. The molecule has 0 aliphatic heterocycles. The molecule has 3 rings (SSSR count). The lowest BCUT2D eigenvalue weighted by molar-refractivity contribution is 0.609. The summed E-state index contributed by atoms with van der Waals surface area (Å²) in [6, 6.07) is 10.5. The molecular weight excluding hydrogens is 236 g/mol. The second-order valence-electron chi connectivity index (χ2n) is 4.55. The fourth-order valence-corrected chi connectivity index (χ4v) is 2.53. The Kier molecular flexibility index (Phi) is 3.01. The van der Waals surface area contributed by atoms with E-state index < -0.39 is 0 Å². The van der Waals surface area contributed by atoms with E-state index in [1.54, 1.807) is 0 Å². The highest BCUT2D eigenvalue weighted by molar-refractivity contribution is 5.85. The summed E-state index contributed by atoms with van der Waals surface area (Å²) >= 11 is 0. The van der Waals surface area contributed by atoms with Gasteiger partial charge in [0.15, 0.2) is 0 Å². The first-order chi connectivity index (χ1) is 9.31. The molecule has 0 aliphatic rings. The van der Waals surface area contributed by atoms with Gasteiger partial charge >= 0.3 is 0 Å². The van der Waals surface area contributed by atoms with Crippen LogP contribution in [0.3, 0.4) is 0 Å². The molecule has 2 aromatic heterocycles. The van der Waals surface area contributed by atoms with E-state index in [0.29, 0.717) is 0 Å². The van der Waals surface area contributed by atoms with E-state index in [2.05, 4.69) is 39.7 Å². The van der Waals surface area contributed by atoms with Crippen LogP contribution >= 0.6 is 0 Å². The zero-order valence-corrected chi connectivity index (χ0v) is 11.0. The molecule has 0 amide bonds. The Morgan fingerprint density at radius 2 is 2.05 bits per heavy atom. The number of nitrogens with one attached hydrogen (secondary N) is 1. The zero-order chi connectivity index (χ0) is 13.2. The fourth-order valence-electron chi connectivity index (χ4n) is 2.53. The Labute approximate surface area is 112 Å². The normalized spacial score (nSPS) is 12.7. The van der Waals surface area contributed by atoms with Gasteiger partial charge in [0.25, 0.3) is 0 Å². The van der Waals surface area contributed by atoms with E-state index >= 15 is 0 Å². The van der Waals surface area contributed by atoms with Crippen LogP contribution in [0.5, 0.6) is 0 Å². The first-order valence-corrected chi connectivity index (χ1v) is 6.29. The Morgan fingerprint density at radius 1 is 1.16 bits per heavy atom. The maximum Gasteiger partial charge on any atom is 0.0751 e. The molecule has 1 unspecified atom stereocenters. The van der Waals surface area contributed by atoms with Crippen molar-refractivity contribution < 1.29 is 0 Å². The monoisotopic (exact) mass is 252 g/mol. The molecule has 4 heteroatoms. The molecular formula is C15H16N4. The van der Waals surface area contributed by atoms with Gasteiger partial charge in [-0.3, -0.25) is 9.67 Å². The highest BCUT2D eigenvalue weighted by Gasteiger charge is 2.17. The Balaban J connectivity index is 2.20. The summed E-state index contributed by atoms with van der Waals surface area (Å²) < 4.78 is 1.90. The lowest BCUT2D eigenvalue weighted by Crippen LogP contribution is -2.20. The maximum absolute atomic E-state index is 4.26. The average Bonchev–Trinajstić information content (AvgIpc) is 2.86. The number of pyridine rings is 1. The van der Waals surface area contributed by atoms with Crippen LogP contribution in [0.1, 0.15) is 17.3 Å². The summed E-state index contributed by atoms with van der Waals surface area (Å²) in [7, 11) is 3.93. The quantitative estimate of drug-likeness (QED) is 0.777. The molecule has 0 aliphatic carbocycles. The van der Waals surface area contributed by atoms with Crippen molar-refractivity contribution >= 4 is 10.8 Å². The second kappa shape index (κ2) is 4.82. The lowest BCUT2D eigenvalue weighted by Gasteiger charge is -2.19. The minimum Gasteiger partial charge on any atom is -0.308 e. The molecule has 1 N–H and O–H groups in total. The van der Waals surface area contributed by atoms with Crippen LogP contribution in [0.15, 0.2) is 48.9 Å². The van der Waals surface area contributed by atoms with E-state index in [0.717, 1.165) is 11.1 Å². The molecule has 0 radical (unpaired) electrons. The summed E-state index contributed by atoms with van der Waals surface area (Å²) in [4.78, 5) is 4.18. The van der Waals surface area contributed by atoms with Crippen molar-refractivity contribution in [2.24, 2.45) is 7.05 Å². The highest BCUT2D eigenvalue weighted by Crippen LogP contribution is 2.27. The Morgan fingerprint density at radius 3 is 2.79 bits per heavy atom. The standard InChI is InChI=1S/C15H16N4/c1-16-15(14-7-9-18-19(14)2)13-5-3-4-11-10-17-8-6-12(11)13/h3-10,15-16H,1-2H3. The van der Waals surface area contributed by atoms with Gasteiger partial charge in [0.05, 0.1) is 11.7 Å². The Bertz CT molecular complexity index is 697. The molecule has 2 heterocycles. The molecule has 0 bridgehead atoms. The van der Waals surface area contributed by atoms with Crippen molar-refractivity contribution in [3.05, 3.63) is 60.2 Å². The van der Waals surface area contributed by atoms with Gasteiger partial charge in [0.1, 0.15) is 0 Å². The molecule has 0 saturated heterocycles. The summed E-state index contributed by atoms with van der Waals surface area (Å²) in [5.41, 5.74) is 2.39. The van der Waals surface area contributed by atoms with Crippen molar-refractivity contribution in [2.45, 2.75) is 6.04 Å². The van der Waals surface area contributed by atoms with Crippen molar-refractivity contribution in [3.8, 4) is 0 Å². The molecule has 1 atom stereocenters. The molecule has 0 spiro atoms. The number of hydrogen-bond donors (Lipinski definition) is 1. The predicted octanol–water partition coefficient (Wildman–Crippen LogP) is 2.28. The topological polar surface area (TPSA) is 42.7 Å². The number of hydrogen-bond acceptors (Lipinski definition) is 3. The fraction of sp³-hybridized carbons (Fsp3) is 0.200. The first kappa shape index (κ1) is 11.9. The zero-order valence-electron chi connectivity index (χ0n) is 11.0. The molecule has 1 aromatic carbocycles. The molecule has 4 nitrogen and oxygen atoms in total. The van der Waals surface area contributed by atoms with Crippen LogP contribution in [0, 0.1) is 0 Å². The summed E-state index contributed by atoms with van der Waals surface area (Å²) in [6.07, 6.45) is 5.56. The number of benzene rings is 1. The molecule has 19 heavy (non-hydrogen) atoms. The molecule has 0 fully saturated rings. The first-order valence-electron chi connectivity index (χ1n) is 6.29. The van der Waals surface area contributed by atoms with Crippen LogP contribution in [0.2, 0.25) is 0 Å². The third-order valence-electron chi connectivity index (χ3n) is 3.47. The summed E-state index contributed by atoms with van der Waals surface area (Å²) in [5, 5.41) is 10.0. The van der Waals surface area contributed by atoms with Gasteiger partial charge in [0, 0.05) is 31.0 Å². The summed E-state index contributed by atoms with van der Waals surface area (Å²) in [6.45, 7) is 0. The predicted molar refractivity (Wildman–Crippen MR) is 75.9 cm³/mol. The Hall–Kier alpha value is -2.20. The van der Waals surface area contributed by atoms with E-state index in [1.807, 2.05) is 43.4 Å².